The first-order chi connectivity index (χ1) is 17.0. The highest BCUT2D eigenvalue weighted by atomic mass is 35.5. The van der Waals surface area contributed by atoms with Crippen LogP contribution in [0.5, 0.6) is 11.5 Å². The smallest absolute Gasteiger partial charge is 0.270 e. The zero-order chi connectivity index (χ0) is 24.4. The van der Waals surface area contributed by atoms with Crippen molar-refractivity contribution in [3.05, 3.63) is 107 Å². The van der Waals surface area contributed by atoms with Gasteiger partial charge in [-0.2, -0.15) is 0 Å². The van der Waals surface area contributed by atoms with Crippen LogP contribution in [0.1, 0.15) is 5.76 Å². The number of hydrogen-bond acceptors (Lipinski definition) is 5. The van der Waals surface area contributed by atoms with Crippen molar-refractivity contribution in [2.24, 2.45) is 0 Å². The number of carbonyl (C=O) groups excluding carboxylic acids is 2. The Morgan fingerprint density at radius 3 is 2.37 bits per heavy atom. The molecule has 2 heterocycles. The third-order valence-electron chi connectivity index (χ3n) is 5.20. The molecule has 0 atom stereocenters. The van der Waals surface area contributed by atoms with Crippen LogP contribution in [0.4, 0.5) is 5.69 Å². The van der Waals surface area contributed by atoms with E-state index in [0.29, 0.717) is 33.7 Å². The number of benzene rings is 3. The van der Waals surface area contributed by atoms with Gasteiger partial charge in [0.15, 0.2) is 5.11 Å². The second kappa shape index (κ2) is 9.58. The minimum absolute atomic E-state index is 0.00654. The second-order valence-corrected chi connectivity index (χ2v) is 8.40. The maximum Gasteiger partial charge on any atom is 0.270 e. The van der Waals surface area contributed by atoms with Crippen molar-refractivity contribution in [2.75, 3.05) is 4.90 Å². The average molecular weight is 501 g/mol. The molecule has 172 valence electrons. The number of para-hydroxylation sites is 1. The number of carbonyl (C=O) groups is 2. The summed E-state index contributed by atoms with van der Waals surface area (Å²) in [5.74, 6) is 1.04. The monoisotopic (exact) mass is 500 g/mol. The zero-order valence-corrected chi connectivity index (χ0v) is 19.7. The van der Waals surface area contributed by atoms with E-state index in [1.165, 1.54) is 11.0 Å². The highest BCUT2D eigenvalue weighted by Gasteiger charge is 2.34. The minimum atomic E-state index is -0.596. The molecule has 0 unspecified atom stereocenters. The Kier molecular flexibility index (Phi) is 6.18. The van der Waals surface area contributed by atoms with Crippen LogP contribution < -0.4 is 15.0 Å². The van der Waals surface area contributed by atoms with Crippen molar-refractivity contribution in [1.82, 2.24) is 5.32 Å². The van der Waals surface area contributed by atoms with Crippen LogP contribution in [0.15, 0.2) is 101 Å². The molecule has 0 saturated carbocycles. The lowest BCUT2D eigenvalue weighted by Gasteiger charge is -2.28. The van der Waals surface area contributed by atoms with Gasteiger partial charge in [-0.15, -0.1) is 0 Å². The first-order valence-electron chi connectivity index (χ1n) is 10.6. The predicted molar refractivity (Wildman–Crippen MR) is 138 cm³/mol. The maximum atomic E-state index is 13.3. The molecule has 1 aromatic heterocycles. The zero-order valence-electron chi connectivity index (χ0n) is 18.1. The Morgan fingerprint density at radius 1 is 0.886 bits per heavy atom. The summed E-state index contributed by atoms with van der Waals surface area (Å²) in [6.07, 6.45) is 1.40. The number of amides is 2. The normalized spacial score (nSPS) is 14.8. The fourth-order valence-electron chi connectivity index (χ4n) is 3.55. The molecule has 0 spiro atoms. The summed E-state index contributed by atoms with van der Waals surface area (Å²) in [5, 5.41) is 3.14. The van der Waals surface area contributed by atoms with Gasteiger partial charge in [-0.25, -0.2) is 0 Å². The number of ether oxygens (including phenoxy) is 1. The Morgan fingerprint density at radius 2 is 1.63 bits per heavy atom. The number of anilines is 1. The molecule has 1 fully saturated rings. The molecule has 4 aromatic rings. The van der Waals surface area contributed by atoms with E-state index in [1.807, 2.05) is 42.5 Å². The highest BCUT2D eigenvalue weighted by Crippen LogP contribution is 2.29. The predicted octanol–water partition coefficient (Wildman–Crippen LogP) is 6.22. The molecule has 2 amide bonds. The van der Waals surface area contributed by atoms with Crippen molar-refractivity contribution in [1.29, 1.82) is 0 Å². The largest absolute Gasteiger partial charge is 0.457 e. The standard InChI is InChI=1S/C27H17ClN2O4S/c28-18-6-4-5-17(15-18)24-14-13-22(34-24)16-23-25(31)29-27(35)30(26(23)32)19-9-11-21(12-10-19)33-20-7-2-1-3-8-20/h1-16H,(H,29,31,35)/b23-16+. The number of nitrogens with one attached hydrogen (secondary N) is 1. The third kappa shape index (κ3) is 4.87. The molecule has 35 heavy (non-hydrogen) atoms. The lowest BCUT2D eigenvalue weighted by Crippen LogP contribution is -2.54. The van der Waals surface area contributed by atoms with Gasteiger partial charge >= 0.3 is 0 Å². The molecule has 0 radical (unpaired) electrons. The number of furan rings is 1. The van der Waals surface area contributed by atoms with E-state index in [0.717, 1.165) is 5.56 Å². The molecular formula is C27H17ClN2O4S. The van der Waals surface area contributed by atoms with Gasteiger partial charge in [-0.3, -0.25) is 19.8 Å². The second-order valence-electron chi connectivity index (χ2n) is 7.58. The van der Waals surface area contributed by atoms with Gasteiger partial charge in [0, 0.05) is 10.6 Å². The van der Waals surface area contributed by atoms with E-state index < -0.39 is 11.8 Å². The number of rotatable bonds is 5. The number of thiocarbonyl (C=S) groups is 1. The van der Waals surface area contributed by atoms with E-state index >= 15 is 0 Å². The number of nitrogens with zero attached hydrogens (tertiary/aromatic N) is 1. The van der Waals surface area contributed by atoms with E-state index in [2.05, 4.69) is 5.32 Å². The van der Waals surface area contributed by atoms with Crippen LogP contribution >= 0.6 is 23.8 Å². The molecule has 1 aliphatic rings. The van der Waals surface area contributed by atoms with Crippen LogP contribution in [0.3, 0.4) is 0 Å². The van der Waals surface area contributed by atoms with E-state index in [1.54, 1.807) is 48.5 Å². The van der Waals surface area contributed by atoms with Gasteiger partial charge in [0.1, 0.15) is 28.6 Å². The summed E-state index contributed by atoms with van der Waals surface area (Å²) in [5.41, 5.74) is 1.17. The Labute approximate surface area is 211 Å². The van der Waals surface area contributed by atoms with Crippen LogP contribution in [0.25, 0.3) is 17.4 Å². The molecule has 5 rings (SSSR count). The number of hydrogen-bond donors (Lipinski definition) is 1. The van der Waals surface area contributed by atoms with Crippen LogP contribution in [-0.4, -0.2) is 16.9 Å². The molecule has 1 N–H and O–H groups in total. The third-order valence-corrected chi connectivity index (χ3v) is 5.72. The molecule has 1 aliphatic heterocycles. The first kappa shape index (κ1) is 22.6. The SMILES string of the molecule is O=C1NC(=S)N(c2ccc(Oc3ccccc3)cc2)C(=O)/C1=C/c1ccc(-c2cccc(Cl)c2)o1. The lowest BCUT2D eigenvalue weighted by atomic mass is 10.1. The summed E-state index contributed by atoms with van der Waals surface area (Å²) in [6, 6.07) is 26.8. The Bertz CT molecular complexity index is 1460. The Balaban J connectivity index is 1.39. The summed E-state index contributed by atoms with van der Waals surface area (Å²) in [7, 11) is 0. The van der Waals surface area contributed by atoms with Gasteiger partial charge < -0.3 is 9.15 Å². The quantitative estimate of drug-likeness (QED) is 0.200. The van der Waals surface area contributed by atoms with Crippen molar-refractivity contribution in [2.45, 2.75) is 0 Å². The lowest BCUT2D eigenvalue weighted by molar-refractivity contribution is -0.122. The Hall–Kier alpha value is -4.20. The summed E-state index contributed by atoms with van der Waals surface area (Å²) in [4.78, 5) is 27.1. The molecule has 0 aliphatic carbocycles. The molecule has 0 bridgehead atoms. The van der Waals surface area contributed by atoms with E-state index in [4.69, 9.17) is 33.0 Å². The molecule has 6 nitrogen and oxygen atoms in total. The van der Waals surface area contributed by atoms with Crippen molar-refractivity contribution in [3.8, 4) is 22.8 Å². The minimum Gasteiger partial charge on any atom is -0.457 e. The first-order valence-corrected chi connectivity index (χ1v) is 11.4. The van der Waals surface area contributed by atoms with Crippen molar-refractivity contribution < 1.29 is 18.7 Å². The van der Waals surface area contributed by atoms with Crippen molar-refractivity contribution >= 4 is 52.5 Å². The molecule has 1 saturated heterocycles. The van der Waals surface area contributed by atoms with Gasteiger partial charge in [0.25, 0.3) is 11.8 Å². The van der Waals surface area contributed by atoms with Crippen molar-refractivity contribution in [3.63, 3.8) is 0 Å². The molecule has 8 heteroatoms. The highest BCUT2D eigenvalue weighted by molar-refractivity contribution is 7.80. The molecular weight excluding hydrogens is 484 g/mol. The fourth-order valence-corrected chi connectivity index (χ4v) is 4.02. The van der Waals surface area contributed by atoms with Crippen LogP contribution in [-0.2, 0) is 9.59 Å². The van der Waals surface area contributed by atoms with Gasteiger partial charge in [-0.1, -0.05) is 41.9 Å². The summed E-state index contributed by atoms with van der Waals surface area (Å²) < 4.78 is 11.6. The van der Waals surface area contributed by atoms with E-state index in [-0.39, 0.29) is 10.7 Å². The topological polar surface area (TPSA) is 71.8 Å². The van der Waals surface area contributed by atoms with Crippen LogP contribution in [0.2, 0.25) is 5.02 Å². The maximum absolute atomic E-state index is 13.3. The average Bonchev–Trinajstić information content (AvgIpc) is 3.32. The van der Waals surface area contributed by atoms with Gasteiger partial charge in [0.05, 0.1) is 5.69 Å². The molecule has 3 aromatic carbocycles. The van der Waals surface area contributed by atoms with Crippen LogP contribution in [0, 0.1) is 0 Å². The van der Waals surface area contributed by atoms with Gasteiger partial charge in [-0.05, 0) is 79.0 Å². The summed E-state index contributed by atoms with van der Waals surface area (Å²) in [6.45, 7) is 0. The fraction of sp³-hybridized carbons (Fsp3) is 0. The number of halogens is 1. The van der Waals surface area contributed by atoms with Gasteiger partial charge in [0.2, 0.25) is 0 Å². The van der Waals surface area contributed by atoms with E-state index in [9.17, 15) is 9.59 Å². The summed E-state index contributed by atoms with van der Waals surface area (Å²) >= 11 is 11.3.